The summed E-state index contributed by atoms with van der Waals surface area (Å²) in [7, 11) is 0. The summed E-state index contributed by atoms with van der Waals surface area (Å²) in [6.45, 7) is 2.79. The Bertz CT molecular complexity index is 1110. The fourth-order valence-electron chi connectivity index (χ4n) is 4.16. The van der Waals surface area contributed by atoms with Crippen LogP contribution in [0.2, 0.25) is 0 Å². The van der Waals surface area contributed by atoms with Crippen molar-refractivity contribution in [1.29, 1.82) is 10.7 Å². The molecule has 3 heterocycles. The third kappa shape index (κ3) is 4.93. The predicted molar refractivity (Wildman–Crippen MR) is 120 cm³/mol. The van der Waals surface area contributed by atoms with Crippen molar-refractivity contribution in [3.05, 3.63) is 53.1 Å². The molecule has 1 aromatic carbocycles. The van der Waals surface area contributed by atoms with Crippen LogP contribution in [0.5, 0.6) is 5.75 Å². The number of aromatic nitrogens is 2. The second-order valence-corrected chi connectivity index (χ2v) is 8.05. The Balaban J connectivity index is 1.53. The standard InChI is InChI=1S/C23H25F2N7O/c24-16-1-2-21(18(25)11-16)33-17-3-8-32(9-4-17)23-22(15(12-27)13-28)29-20-14-31(10-6-26)7-5-19(20)30-23/h1-2,11-13,17,27H,3-5,7-10,14,28H2/b15-13+,27-12?. The SMILES string of the molecule is N#CCN1CCc2nc(N3CCC(Oc4ccc(F)cc4F)CC3)c(/C(C=N)=C/N)nc2C1. The van der Waals surface area contributed by atoms with Gasteiger partial charge in [-0.3, -0.25) is 4.90 Å². The molecule has 0 bridgehead atoms. The van der Waals surface area contributed by atoms with E-state index in [-0.39, 0.29) is 11.9 Å². The molecule has 10 heteroatoms. The number of nitriles is 1. The number of halogens is 2. The molecule has 1 fully saturated rings. The first-order valence-electron chi connectivity index (χ1n) is 10.8. The van der Waals surface area contributed by atoms with E-state index in [1.54, 1.807) is 0 Å². The summed E-state index contributed by atoms with van der Waals surface area (Å²) in [6, 6.07) is 5.47. The summed E-state index contributed by atoms with van der Waals surface area (Å²) >= 11 is 0. The normalized spacial score (nSPS) is 17.4. The monoisotopic (exact) mass is 453 g/mol. The molecule has 8 nitrogen and oxygen atoms in total. The maximum absolute atomic E-state index is 13.9. The van der Waals surface area contributed by atoms with Gasteiger partial charge in [0.15, 0.2) is 17.4 Å². The second-order valence-electron chi connectivity index (χ2n) is 8.05. The molecule has 0 saturated carbocycles. The first kappa shape index (κ1) is 22.6. The van der Waals surface area contributed by atoms with Gasteiger partial charge in [-0.25, -0.2) is 18.7 Å². The Hall–Kier alpha value is -3.58. The number of hydrogen-bond acceptors (Lipinski definition) is 8. The van der Waals surface area contributed by atoms with Crippen LogP contribution >= 0.6 is 0 Å². The topological polar surface area (TPSA) is 115 Å². The Labute approximate surface area is 190 Å². The van der Waals surface area contributed by atoms with Crippen molar-refractivity contribution in [2.45, 2.75) is 31.9 Å². The lowest BCUT2D eigenvalue weighted by molar-refractivity contribution is 0.163. The van der Waals surface area contributed by atoms with Crippen LogP contribution in [0.15, 0.2) is 24.4 Å². The van der Waals surface area contributed by atoms with Crippen LogP contribution in [-0.4, -0.2) is 53.4 Å². The number of fused-ring (bicyclic) bond motifs is 1. The maximum Gasteiger partial charge on any atom is 0.167 e. The summed E-state index contributed by atoms with van der Waals surface area (Å²) in [5.74, 6) is -0.648. The molecule has 1 aromatic heterocycles. The summed E-state index contributed by atoms with van der Waals surface area (Å²) < 4.78 is 32.9. The molecule has 2 aromatic rings. The molecule has 0 spiro atoms. The Morgan fingerprint density at radius 3 is 2.70 bits per heavy atom. The number of piperidine rings is 1. The quantitative estimate of drug-likeness (QED) is 0.510. The number of ether oxygens (including phenoxy) is 1. The lowest BCUT2D eigenvalue weighted by Gasteiger charge is -2.35. The summed E-state index contributed by atoms with van der Waals surface area (Å²) in [6.07, 6.45) is 4.22. The van der Waals surface area contributed by atoms with E-state index in [4.69, 9.17) is 31.1 Å². The number of nitrogens with two attached hydrogens (primary N) is 1. The molecule has 1 saturated heterocycles. The van der Waals surface area contributed by atoms with Crippen LogP contribution in [0.25, 0.3) is 5.57 Å². The minimum Gasteiger partial charge on any atom is -0.487 e. The van der Waals surface area contributed by atoms with E-state index in [9.17, 15) is 8.78 Å². The van der Waals surface area contributed by atoms with Crippen molar-refractivity contribution >= 4 is 17.6 Å². The van der Waals surface area contributed by atoms with Crippen LogP contribution in [0, 0.1) is 28.4 Å². The summed E-state index contributed by atoms with van der Waals surface area (Å²) in [4.78, 5) is 13.8. The highest BCUT2D eigenvalue weighted by Crippen LogP contribution is 2.30. The average Bonchev–Trinajstić information content (AvgIpc) is 2.82. The first-order chi connectivity index (χ1) is 16.0. The number of nitrogens with zero attached hydrogens (tertiary/aromatic N) is 5. The Kier molecular flexibility index (Phi) is 6.79. The van der Waals surface area contributed by atoms with Crippen LogP contribution in [0.4, 0.5) is 14.6 Å². The van der Waals surface area contributed by atoms with Crippen LogP contribution in [0.3, 0.4) is 0 Å². The lowest BCUT2D eigenvalue weighted by Crippen LogP contribution is -2.40. The summed E-state index contributed by atoms with van der Waals surface area (Å²) in [5, 5.41) is 16.8. The van der Waals surface area contributed by atoms with Gasteiger partial charge in [0.05, 0.1) is 24.0 Å². The number of rotatable bonds is 6. The van der Waals surface area contributed by atoms with Crippen molar-refractivity contribution in [3.8, 4) is 11.8 Å². The highest BCUT2D eigenvalue weighted by molar-refractivity contribution is 6.09. The molecule has 0 atom stereocenters. The number of nitrogens with one attached hydrogen (secondary N) is 1. The zero-order valence-electron chi connectivity index (χ0n) is 18.1. The first-order valence-corrected chi connectivity index (χ1v) is 10.8. The molecule has 172 valence electrons. The highest BCUT2D eigenvalue weighted by atomic mass is 19.1. The number of hydrogen-bond donors (Lipinski definition) is 2. The molecule has 33 heavy (non-hydrogen) atoms. The van der Waals surface area contributed by atoms with Gasteiger partial charge in [-0.2, -0.15) is 5.26 Å². The number of allylic oxidation sites excluding steroid dienone is 1. The number of benzene rings is 1. The fourth-order valence-corrected chi connectivity index (χ4v) is 4.16. The molecule has 2 aliphatic heterocycles. The van der Waals surface area contributed by atoms with Crippen LogP contribution in [0.1, 0.15) is 29.9 Å². The minimum absolute atomic E-state index is 0.0446. The van der Waals surface area contributed by atoms with Gasteiger partial charge in [0.2, 0.25) is 0 Å². The molecule has 2 aliphatic rings. The number of anilines is 1. The van der Waals surface area contributed by atoms with Gasteiger partial charge in [0.25, 0.3) is 0 Å². The van der Waals surface area contributed by atoms with Gasteiger partial charge in [0, 0.05) is 69.5 Å². The van der Waals surface area contributed by atoms with E-state index in [1.807, 2.05) is 4.90 Å². The van der Waals surface area contributed by atoms with E-state index >= 15 is 0 Å². The van der Waals surface area contributed by atoms with Crippen LogP contribution in [-0.2, 0) is 13.0 Å². The lowest BCUT2D eigenvalue weighted by atomic mass is 10.1. The van der Waals surface area contributed by atoms with Gasteiger partial charge in [-0.05, 0) is 12.1 Å². The molecule has 0 unspecified atom stereocenters. The zero-order valence-corrected chi connectivity index (χ0v) is 18.1. The summed E-state index contributed by atoms with van der Waals surface area (Å²) in [5.41, 5.74) is 8.44. The van der Waals surface area contributed by atoms with E-state index < -0.39 is 11.6 Å². The molecule has 0 radical (unpaired) electrons. The van der Waals surface area contributed by atoms with E-state index in [2.05, 4.69) is 11.0 Å². The van der Waals surface area contributed by atoms with Gasteiger partial charge in [-0.1, -0.05) is 0 Å². The zero-order chi connectivity index (χ0) is 23.4. The second kappa shape index (κ2) is 9.92. The highest BCUT2D eigenvalue weighted by Gasteiger charge is 2.28. The van der Waals surface area contributed by atoms with Crippen molar-refractivity contribution in [2.75, 3.05) is 31.1 Å². The molecular weight excluding hydrogens is 428 g/mol. The van der Waals surface area contributed by atoms with Crippen molar-refractivity contribution in [2.24, 2.45) is 5.73 Å². The Morgan fingerprint density at radius 1 is 1.24 bits per heavy atom. The smallest absolute Gasteiger partial charge is 0.167 e. The van der Waals surface area contributed by atoms with Gasteiger partial charge < -0.3 is 20.8 Å². The molecule has 0 aliphatic carbocycles. The average molecular weight is 453 g/mol. The van der Waals surface area contributed by atoms with Crippen LogP contribution < -0.4 is 15.4 Å². The predicted octanol–water partition coefficient (Wildman–Crippen LogP) is 2.63. The molecule has 4 rings (SSSR count). The van der Waals surface area contributed by atoms with E-state index in [0.29, 0.717) is 62.5 Å². The molecule has 0 amide bonds. The fraction of sp³-hybridized carbons (Fsp3) is 0.391. The minimum atomic E-state index is -0.714. The molecular formula is C23H25F2N7O. The van der Waals surface area contributed by atoms with E-state index in [0.717, 1.165) is 30.2 Å². The Morgan fingerprint density at radius 2 is 2.03 bits per heavy atom. The van der Waals surface area contributed by atoms with Gasteiger partial charge in [0.1, 0.15) is 17.6 Å². The third-order valence-electron chi connectivity index (χ3n) is 5.90. The third-order valence-corrected chi connectivity index (χ3v) is 5.90. The van der Waals surface area contributed by atoms with Crippen molar-refractivity contribution in [3.63, 3.8) is 0 Å². The van der Waals surface area contributed by atoms with E-state index in [1.165, 1.54) is 18.3 Å². The maximum atomic E-state index is 13.9. The van der Waals surface area contributed by atoms with Crippen molar-refractivity contribution in [1.82, 2.24) is 14.9 Å². The van der Waals surface area contributed by atoms with Gasteiger partial charge in [-0.15, -0.1) is 0 Å². The largest absolute Gasteiger partial charge is 0.487 e. The van der Waals surface area contributed by atoms with Gasteiger partial charge >= 0.3 is 0 Å². The van der Waals surface area contributed by atoms with Crippen molar-refractivity contribution < 1.29 is 13.5 Å². The molecule has 3 N–H and O–H groups in total.